The molecule has 0 saturated heterocycles. The average Bonchev–Trinajstić information content (AvgIpc) is 2.84. The van der Waals surface area contributed by atoms with Crippen LogP contribution in [0.3, 0.4) is 0 Å². The van der Waals surface area contributed by atoms with E-state index < -0.39 is 23.8 Å². The molecule has 0 aliphatic rings. The first-order valence-electron chi connectivity index (χ1n) is 11.1. The number of aromatic hydroxyl groups is 1. The van der Waals surface area contributed by atoms with Crippen molar-refractivity contribution in [3.8, 4) is 5.75 Å². The zero-order valence-electron chi connectivity index (χ0n) is 19.6. The minimum absolute atomic E-state index is 0.0658. The number of rotatable bonds is 9. The zero-order valence-corrected chi connectivity index (χ0v) is 19.6. The Kier molecular flexibility index (Phi) is 11.3. The molecule has 0 spiro atoms. The Morgan fingerprint density at radius 3 is 2.40 bits per heavy atom. The van der Waals surface area contributed by atoms with Gasteiger partial charge >= 0.3 is 0 Å². The standard InChI is InChI=1S/C22H21N3O5.C3H10N2/c1-14(26)24-20(13-30-12-15-5-3-2-4-6-15)22(29)25-21(28)17-9-16-7-8-18(27)10-19(16)23-11-17;4-2-1-3-5/h2-11,20,27H,12-13H2,1H3,(H,24,26)(H,25,28,29);1-5H2/t20-;/m1./s1. The quantitative estimate of drug-likeness (QED) is 0.304. The maximum Gasteiger partial charge on any atom is 0.259 e. The molecule has 0 unspecified atom stereocenters. The second-order valence-electron chi connectivity index (χ2n) is 7.60. The largest absolute Gasteiger partial charge is 0.508 e. The topological polar surface area (TPSA) is 170 Å². The highest BCUT2D eigenvalue weighted by Gasteiger charge is 2.22. The number of hydrogen-bond donors (Lipinski definition) is 5. The van der Waals surface area contributed by atoms with Gasteiger partial charge in [-0.05, 0) is 43.3 Å². The number of aromatic nitrogens is 1. The molecule has 1 aromatic heterocycles. The molecule has 2 aromatic carbocycles. The summed E-state index contributed by atoms with van der Waals surface area (Å²) in [6, 6.07) is 14.5. The van der Waals surface area contributed by atoms with Crippen molar-refractivity contribution < 1.29 is 24.2 Å². The van der Waals surface area contributed by atoms with Gasteiger partial charge in [0.15, 0.2) is 0 Å². The van der Waals surface area contributed by atoms with Crippen LogP contribution in [0.15, 0.2) is 60.8 Å². The fourth-order valence-electron chi connectivity index (χ4n) is 2.92. The van der Waals surface area contributed by atoms with Gasteiger partial charge in [0.1, 0.15) is 11.8 Å². The van der Waals surface area contributed by atoms with Gasteiger partial charge in [-0.15, -0.1) is 0 Å². The molecule has 0 bridgehead atoms. The molecule has 1 heterocycles. The molecule has 10 heteroatoms. The highest BCUT2D eigenvalue weighted by atomic mass is 16.5. The van der Waals surface area contributed by atoms with Crippen LogP contribution >= 0.6 is 0 Å². The van der Waals surface area contributed by atoms with Crippen molar-refractivity contribution in [2.24, 2.45) is 11.5 Å². The summed E-state index contributed by atoms with van der Waals surface area (Å²) < 4.78 is 5.54. The Morgan fingerprint density at radius 1 is 1.06 bits per heavy atom. The lowest BCUT2D eigenvalue weighted by Crippen LogP contribution is -2.50. The Hall–Kier alpha value is -3.86. The number of hydrogen-bond acceptors (Lipinski definition) is 8. The number of imide groups is 1. The van der Waals surface area contributed by atoms with Crippen molar-refractivity contribution in [1.82, 2.24) is 15.6 Å². The number of amides is 3. The van der Waals surface area contributed by atoms with E-state index in [2.05, 4.69) is 15.6 Å². The number of nitrogens with one attached hydrogen (secondary N) is 2. The smallest absolute Gasteiger partial charge is 0.259 e. The summed E-state index contributed by atoms with van der Waals surface area (Å²) in [6.45, 7) is 2.89. The second-order valence-corrected chi connectivity index (χ2v) is 7.60. The third kappa shape index (κ3) is 9.49. The molecule has 3 rings (SSSR count). The molecule has 10 nitrogen and oxygen atoms in total. The van der Waals surface area contributed by atoms with Gasteiger partial charge in [-0.1, -0.05) is 30.3 Å². The monoisotopic (exact) mass is 481 g/mol. The van der Waals surface area contributed by atoms with Crippen LogP contribution < -0.4 is 22.1 Å². The Bertz CT molecular complexity index is 1120. The summed E-state index contributed by atoms with van der Waals surface area (Å²) >= 11 is 0. The summed E-state index contributed by atoms with van der Waals surface area (Å²) in [6.07, 6.45) is 2.25. The van der Waals surface area contributed by atoms with E-state index in [0.717, 1.165) is 25.1 Å². The minimum atomic E-state index is -1.03. The lowest BCUT2D eigenvalue weighted by atomic mass is 10.1. The summed E-state index contributed by atoms with van der Waals surface area (Å²) in [5.74, 6) is -1.69. The number of phenolic OH excluding ortho intramolecular Hbond substituents is 1. The van der Waals surface area contributed by atoms with Crippen molar-refractivity contribution in [2.75, 3.05) is 19.7 Å². The highest BCUT2D eigenvalue weighted by Crippen LogP contribution is 2.18. The first-order valence-corrected chi connectivity index (χ1v) is 11.1. The van der Waals surface area contributed by atoms with Crippen molar-refractivity contribution in [3.05, 3.63) is 71.9 Å². The summed E-state index contributed by atoms with van der Waals surface area (Å²) in [7, 11) is 0. The van der Waals surface area contributed by atoms with Crippen molar-refractivity contribution in [3.63, 3.8) is 0 Å². The van der Waals surface area contributed by atoms with Crippen molar-refractivity contribution >= 4 is 28.6 Å². The lowest BCUT2D eigenvalue weighted by molar-refractivity contribution is -0.129. The average molecular weight is 482 g/mol. The summed E-state index contributed by atoms with van der Waals surface area (Å²) in [4.78, 5) is 40.6. The first-order chi connectivity index (χ1) is 16.8. The van der Waals surface area contributed by atoms with Crippen LogP contribution in [0.4, 0.5) is 0 Å². The molecule has 0 aliphatic carbocycles. The minimum Gasteiger partial charge on any atom is -0.508 e. The third-order valence-electron chi connectivity index (χ3n) is 4.66. The molecule has 3 amide bonds. The maximum atomic E-state index is 12.5. The van der Waals surface area contributed by atoms with Gasteiger partial charge in [-0.3, -0.25) is 24.7 Å². The molecule has 1 atom stereocenters. The molecule has 0 fully saturated rings. The fraction of sp³-hybridized carbons (Fsp3) is 0.280. The van der Waals surface area contributed by atoms with Gasteiger partial charge in [0, 0.05) is 24.6 Å². The predicted octanol–water partition coefficient (Wildman–Crippen LogP) is 1.21. The van der Waals surface area contributed by atoms with E-state index in [1.165, 1.54) is 25.3 Å². The molecular formula is C25H31N5O5. The first kappa shape index (κ1) is 27.4. The van der Waals surface area contributed by atoms with Crippen LogP contribution in [0, 0.1) is 0 Å². The number of phenols is 1. The van der Waals surface area contributed by atoms with Gasteiger partial charge in [-0.2, -0.15) is 0 Å². The van der Waals surface area contributed by atoms with Crippen molar-refractivity contribution in [1.29, 1.82) is 0 Å². The van der Waals surface area contributed by atoms with Gasteiger partial charge in [0.2, 0.25) is 5.91 Å². The zero-order chi connectivity index (χ0) is 25.6. The van der Waals surface area contributed by atoms with E-state index in [4.69, 9.17) is 16.2 Å². The number of pyridine rings is 1. The Balaban J connectivity index is 0.000000784. The van der Waals surface area contributed by atoms with Gasteiger partial charge < -0.3 is 26.6 Å². The van der Waals surface area contributed by atoms with Crippen LogP contribution in [0.2, 0.25) is 0 Å². The van der Waals surface area contributed by atoms with Crippen LogP contribution in [0.25, 0.3) is 10.9 Å². The van der Waals surface area contributed by atoms with E-state index in [1.807, 2.05) is 30.3 Å². The molecule has 186 valence electrons. The van der Waals surface area contributed by atoms with E-state index in [-0.39, 0.29) is 24.5 Å². The Labute approximate surface area is 203 Å². The number of carbonyl (C=O) groups is 3. The molecule has 35 heavy (non-hydrogen) atoms. The van der Waals surface area contributed by atoms with Crippen LogP contribution in [0.5, 0.6) is 5.75 Å². The summed E-state index contributed by atoms with van der Waals surface area (Å²) in [5, 5.41) is 14.9. The molecular weight excluding hydrogens is 450 g/mol. The third-order valence-corrected chi connectivity index (χ3v) is 4.66. The van der Waals surface area contributed by atoms with E-state index in [9.17, 15) is 19.5 Å². The predicted molar refractivity (Wildman–Crippen MR) is 132 cm³/mol. The second kappa shape index (κ2) is 14.4. The Morgan fingerprint density at radius 2 is 1.77 bits per heavy atom. The van der Waals surface area contributed by atoms with Crippen molar-refractivity contribution in [2.45, 2.75) is 26.0 Å². The van der Waals surface area contributed by atoms with Crippen LogP contribution in [0.1, 0.15) is 29.3 Å². The highest BCUT2D eigenvalue weighted by molar-refractivity contribution is 6.07. The van der Waals surface area contributed by atoms with E-state index >= 15 is 0 Å². The van der Waals surface area contributed by atoms with Crippen LogP contribution in [-0.4, -0.2) is 53.6 Å². The van der Waals surface area contributed by atoms with Gasteiger partial charge in [0.25, 0.3) is 11.8 Å². The number of nitrogens with two attached hydrogens (primary N) is 2. The fourth-order valence-corrected chi connectivity index (χ4v) is 2.92. The molecule has 0 aliphatic heterocycles. The number of benzene rings is 2. The molecule has 3 aromatic rings. The van der Waals surface area contributed by atoms with Crippen LogP contribution in [-0.2, 0) is 20.9 Å². The SMILES string of the molecule is CC(=O)N[C@H](COCc1ccccc1)C(=O)NC(=O)c1cnc2cc(O)ccc2c1.NCCCN. The normalized spacial score (nSPS) is 11.2. The lowest BCUT2D eigenvalue weighted by Gasteiger charge is -2.17. The number of ether oxygens (including phenoxy) is 1. The number of nitrogens with zero attached hydrogens (tertiary/aromatic N) is 1. The number of carbonyl (C=O) groups excluding carboxylic acids is 3. The summed E-state index contributed by atoms with van der Waals surface area (Å²) in [5.41, 5.74) is 11.7. The number of fused-ring (bicyclic) bond motifs is 1. The maximum absolute atomic E-state index is 12.5. The molecule has 0 saturated carbocycles. The van der Waals surface area contributed by atoms with E-state index in [0.29, 0.717) is 10.9 Å². The van der Waals surface area contributed by atoms with E-state index in [1.54, 1.807) is 12.1 Å². The van der Waals surface area contributed by atoms with Gasteiger partial charge in [-0.25, -0.2) is 0 Å². The van der Waals surface area contributed by atoms with Gasteiger partial charge in [0.05, 0.1) is 24.3 Å². The molecule has 7 N–H and O–H groups in total. The molecule has 0 radical (unpaired) electrons.